The van der Waals surface area contributed by atoms with Crippen LogP contribution in [0.25, 0.3) is 10.9 Å². The highest BCUT2D eigenvalue weighted by molar-refractivity contribution is 6.31. The van der Waals surface area contributed by atoms with Crippen molar-refractivity contribution in [2.45, 2.75) is 13.0 Å². The van der Waals surface area contributed by atoms with Crippen LogP contribution in [0.4, 0.5) is 17.5 Å². The number of rotatable bonds is 2. The molecule has 0 aliphatic carbocycles. The van der Waals surface area contributed by atoms with Crippen molar-refractivity contribution in [3.8, 4) is 0 Å². The number of benzene rings is 1. The molecule has 3 heterocycles. The molecule has 0 atom stereocenters. The largest absolute Gasteiger partial charge is 0.378 e. The van der Waals surface area contributed by atoms with Crippen molar-refractivity contribution in [2.75, 3.05) is 17.2 Å². The standard InChI is InChI=1S/C15H13ClN6O2/c16-8-1-2-11-9(5-8)10-7-21(4-3-12(10)19-11)15-18-6-13(22(23)24)14(17)20-15/h1-2,5-6,19H,3-4,7H2,(H2,17,18,20). The highest BCUT2D eigenvalue weighted by Crippen LogP contribution is 2.31. The third kappa shape index (κ3) is 2.31. The van der Waals surface area contributed by atoms with Gasteiger partial charge in [0.15, 0.2) is 0 Å². The number of halogens is 1. The lowest BCUT2D eigenvalue weighted by molar-refractivity contribution is -0.384. The van der Waals surface area contributed by atoms with Crippen molar-refractivity contribution in [3.63, 3.8) is 0 Å². The first-order valence-electron chi connectivity index (χ1n) is 7.34. The molecule has 0 unspecified atom stereocenters. The number of fused-ring (bicyclic) bond motifs is 3. The fourth-order valence-electron chi connectivity index (χ4n) is 3.03. The fraction of sp³-hybridized carbons (Fsp3) is 0.200. The number of anilines is 2. The van der Waals surface area contributed by atoms with Gasteiger partial charge in [-0.2, -0.15) is 4.98 Å². The average Bonchev–Trinajstić information content (AvgIpc) is 2.91. The first kappa shape index (κ1) is 14.7. The minimum absolute atomic E-state index is 0.127. The lowest BCUT2D eigenvalue weighted by Crippen LogP contribution is -2.31. The summed E-state index contributed by atoms with van der Waals surface area (Å²) in [5.74, 6) is 0.262. The van der Waals surface area contributed by atoms with Gasteiger partial charge in [0.25, 0.3) is 0 Å². The number of nitrogens with zero attached hydrogens (tertiary/aromatic N) is 4. The Balaban J connectivity index is 1.71. The molecule has 4 rings (SSSR count). The molecule has 0 saturated carbocycles. The zero-order chi connectivity index (χ0) is 16.8. The summed E-state index contributed by atoms with van der Waals surface area (Å²) in [7, 11) is 0. The number of nitrogen functional groups attached to an aromatic ring is 1. The first-order chi connectivity index (χ1) is 11.5. The molecule has 0 amide bonds. The number of aromatic nitrogens is 3. The quantitative estimate of drug-likeness (QED) is 0.545. The Bertz CT molecular complexity index is 970. The van der Waals surface area contributed by atoms with E-state index in [1.54, 1.807) is 0 Å². The van der Waals surface area contributed by atoms with Gasteiger partial charge in [-0.25, -0.2) is 4.98 Å². The summed E-state index contributed by atoms with van der Waals surface area (Å²) in [6, 6.07) is 5.74. The minimum Gasteiger partial charge on any atom is -0.378 e. The lowest BCUT2D eigenvalue weighted by Gasteiger charge is -2.27. The topological polar surface area (TPSA) is 114 Å². The average molecular weight is 345 g/mol. The van der Waals surface area contributed by atoms with Crippen molar-refractivity contribution in [1.82, 2.24) is 15.0 Å². The van der Waals surface area contributed by atoms with E-state index in [1.807, 2.05) is 23.1 Å². The van der Waals surface area contributed by atoms with Crippen LogP contribution in [-0.4, -0.2) is 26.4 Å². The van der Waals surface area contributed by atoms with Crippen LogP contribution >= 0.6 is 11.6 Å². The molecule has 1 aliphatic rings. The van der Waals surface area contributed by atoms with Crippen molar-refractivity contribution < 1.29 is 4.92 Å². The Morgan fingerprint density at radius 2 is 2.25 bits per heavy atom. The second-order valence-corrected chi connectivity index (χ2v) is 6.08. The van der Waals surface area contributed by atoms with Crippen LogP contribution in [-0.2, 0) is 13.0 Å². The van der Waals surface area contributed by atoms with E-state index in [2.05, 4.69) is 15.0 Å². The summed E-state index contributed by atoms with van der Waals surface area (Å²) in [6.45, 7) is 1.29. The number of aromatic amines is 1. The van der Waals surface area contributed by atoms with Crippen LogP contribution in [0.3, 0.4) is 0 Å². The van der Waals surface area contributed by atoms with E-state index in [0.29, 0.717) is 24.1 Å². The Kier molecular flexibility index (Phi) is 3.27. The SMILES string of the molecule is Nc1nc(N2CCc3[nH]c4ccc(Cl)cc4c3C2)ncc1[N+](=O)[O-]. The lowest BCUT2D eigenvalue weighted by atomic mass is 10.0. The van der Waals surface area contributed by atoms with Crippen LogP contribution in [0.2, 0.25) is 5.02 Å². The van der Waals surface area contributed by atoms with Crippen LogP contribution < -0.4 is 10.6 Å². The maximum Gasteiger partial charge on any atom is 0.329 e. The molecule has 0 radical (unpaired) electrons. The Morgan fingerprint density at radius 3 is 3.00 bits per heavy atom. The second-order valence-electron chi connectivity index (χ2n) is 5.64. The molecule has 24 heavy (non-hydrogen) atoms. The minimum atomic E-state index is -0.588. The molecule has 0 fully saturated rings. The molecular weight excluding hydrogens is 332 g/mol. The van der Waals surface area contributed by atoms with Crippen molar-refractivity contribution in [3.05, 3.63) is 50.8 Å². The highest BCUT2D eigenvalue weighted by Gasteiger charge is 2.24. The van der Waals surface area contributed by atoms with Gasteiger partial charge in [-0.05, 0) is 18.2 Å². The zero-order valence-electron chi connectivity index (χ0n) is 12.5. The maximum atomic E-state index is 10.8. The van der Waals surface area contributed by atoms with E-state index < -0.39 is 4.92 Å². The van der Waals surface area contributed by atoms with Gasteiger partial charge >= 0.3 is 5.69 Å². The van der Waals surface area contributed by atoms with Gasteiger partial charge in [0.05, 0.1) is 4.92 Å². The van der Waals surface area contributed by atoms with Crippen LogP contribution in [0.5, 0.6) is 0 Å². The Hall–Kier alpha value is -2.87. The van der Waals surface area contributed by atoms with Gasteiger partial charge in [-0.1, -0.05) is 11.6 Å². The monoisotopic (exact) mass is 344 g/mol. The van der Waals surface area contributed by atoms with Gasteiger partial charge in [-0.15, -0.1) is 0 Å². The Morgan fingerprint density at radius 1 is 1.42 bits per heavy atom. The van der Waals surface area contributed by atoms with E-state index in [4.69, 9.17) is 17.3 Å². The molecule has 2 aromatic heterocycles. The molecule has 0 bridgehead atoms. The number of nitrogens with two attached hydrogens (primary N) is 1. The van der Waals surface area contributed by atoms with Gasteiger partial charge in [0, 0.05) is 46.7 Å². The third-order valence-electron chi connectivity index (χ3n) is 4.20. The van der Waals surface area contributed by atoms with Gasteiger partial charge in [-0.3, -0.25) is 10.1 Å². The molecular formula is C15H13ClN6O2. The van der Waals surface area contributed by atoms with Crippen molar-refractivity contribution in [2.24, 2.45) is 0 Å². The highest BCUT2D eigenvalue weighted by atomic mass is 35.5. The van der Waals surface area contributed by atoms with Crippen LogP contribution in [0.15, 0.2) is 24.4 Å². The van der Waals surface area contributed by atoms with E-state index in [9.17, 15) is 10.1 Å². The van der Waals surface area contributed by atoms with Crippen molar-refractivity contribution in [1.29, 1.82) is 0 Å². The van der Waals surface area contributed by atoms with Gasteiger partial charge in [0.1, 0.15) is 6.20 Å². The summed E-state index contributed by atoms with van der Waals surface area (Å²) in [5.41, 5.74) is 8.73. The van der Waals surface area contributed by atoms with Gasteiger partial charge < -0.3 is 15.6 Å². The normalized spacial score (nSPS) is 14.0. The summed E-state index contributed by atoms with van der Waals surface area (Å²) >= 11 is 6.11. The molecule has 1 aromatic carbocycles. The fourth-order valence-corrected chi connectivity index (χ4v) is 3.20. The molecule has 122 valence electrons. The first-order valence-corrected chi connectivity index (χ1v) is 7.71. The molecule has 8 nitrogen and oxygen atoms in total. The molecule has 0 spiro atoms. The molecule has 3 aromatic rings. The molecule has 0 saturated heterocycles. The third-order valence-corrected chi connectivity index (χ3v) is 4.44. The molecule has 9 heteroatoms. The van der Waals surface area contributed by atoms with Crippen LogP contribution in [0.1, 0.15) is 11.3 Å². The van der Waals surface area contributed by atoms with Gasteiger partial charge in [0.2, 0.25) is 11.8 Å². The maximum absolute atomic E-state index is 10.8. The van der Waals surface area contributed by atoms with E-state index in [0.717, 1.165) is 29.1 Å². The number of hydrogen-bond donors (Lipinski definition) is 2. The summed E-state index contributed by atoms with van der Waals surface area (Å²) in [6.07, 6.45) is 1.95. The second kappa shape index (κ2) is 5.34. The molecule has 3 N–H and O–H groups in total. The number of hydrogen-bond acceptors (Lipinski definition) is 6. The summed E-state index contributed by atoms with van der Waals surface area (Å²) in [4.78, 5) is 23.8. The number of nitrogens with one attached hydrogen (secondary N) is 1. The van der Waals surface area contributed by atoms with E-state index in [-0.39, 0.29) is 11.5 Å². The summed E-state index contributed by atoms with van der Waals surface area (Å²) < 4.78 is 0. The molecule has 1 aliphatic heterocycles. The number of nitro groups is 1. The Labute approximate surface area is 141 Å². The zero-order valence-corrected chi connectivity index (χ0v) is 13.2. The summed E-state index contributed by atoms with van der Waals surface area (Å²) in [5, 5.41) is 12.6. The predicted octanol–water partition coefficient (Wildman–Crippen LogP) is 2.66. The predicted molar refractivity (Wildman–Crippen MR) is 91.2 cm³/mol. The van der Waals surface area contributed by atoms with Crippen LogP contribution in [0, 0.1) is 10.1 Å². The van der Waals surface area contributed by atoms with E-state index >= 15 is 0 Å². The number of H-pyrrole nitrogens is 1. The van der Waals surface area contributed by atoms with E-state index in [1.165, 1.54) is 5.69 Å². The van der Waals surface area contributed by atoms with Crippen molar-refractivity contribution >= 4 is 40.0 Å². The smallest absolute Gasteiger partial charge is 0.329 e.